The molecule has 0 heterocycles. The second-order valence-corrected chi connectivity index (χ2v) is 12.6. The molecule has 9 aromatic carbocycles. The lowest BCUT2D eigenvalue weighted by molar-refractivity contribution is 1.28. The first-order valence-electron chi connectivity index (χ1n) is 16.8. The summed E-state index contributed by atoms with van der Waals surface area (Å²) in [6.07, 6.45) is 0. The quantitative estimate of drug-likeness (QED) is 0.167. The highest BCUT2D eigenvalue weighted by atomic mass is 15.1. The molecule has 0 aliphatic heterocycles. The Labute approximate surface area is 287 Å². The van der Waals surface area contributed by atoms with E-state index >= 15 is 0 Å². The molecule has 230 valence electrons. The van der Waals surface area contributed by atoms with Gasteiger partial charge in [0.25, 0.3) is 0 Å². The van der Waals surface area contributed by atoms with Gasteiger partial charge in [0.05, 0.1) is 0 Å². The zero-order valence-electron chi connectivity index (χ0n) is 27.0. The van der Waals surface area contributed by atoms with Crippen LogP contribution in [-0.4, -0.2) is 0 Å². The molecule has 49 heavy (non-hydrogen) atoms. The molecular formula is C48H33N. The van der Waals surface area contributed by atoms with Gasteiger partial charge in [-0.25, -0.2) is 0 Å². The van der Waals surface area contributed by atoms with Crippen molar-refractivity contribution < 1.29 is 0 Å². The Morgan fingerprint density at radius 1 is 0.245 bits per heavy atom. The normalized spacial score (nSPS) is 11.3. The Hall–Kier alpha value is -6.44. The average molecular weight is 624 g/mol. The second kappa shape index (κ2) is 12.3. The maximum absolute atomic E-state index is 2.33. The van der Waals surface area contributed by atoms with Crippen LogP contribution >= 0.6 is 0 Å². The van der Waals surface area contributed by atoms with Crippen molar-refractivity contribution >= 4 is 49.4 Å². The summed E-state index contributed by atoms with van der Waals surface area (Å²) < 4.78 is 0. The summed E-state index contributed by atoms with van der Waals surface area (Å²) in [4.78, 5) is 2.33. The van der Waals surface area contributed by atoms with Gasteiger partial charge in [0.15, 0.2) is 0 Å². The van der Waals surface area contributed by atoms with Crippen LogP contribution < -0.4 is 4.90 Å². The molecule has 0 radical (unpaired) electrons. The third-order valence-corrected chi connectivity index (χ3v) is 9.63. The molecule has 0 atom stereocenters. The summed E-state index contributed by atoms with van der Waals surface area (Å²) in [5.74, 6) is 0. The van der Waals surface area contributed by atoms with Gasteiger partial charge in [-0.15, -0.1) is 0 Å². The summed E-state index contributed by atoms with van der Waals surface area (Å²) in [5.41, 5.74) is 10.7. The molecule has 0 N–H and O–H groups in total. The van der Waals surface area contributed by atoms with Gasteiger partial charge in [-0.05, 0) is 120 Å². The van der Waals surface area contributed by atoms with Crippen LogP contribution in [0.1, 0.15) is 0 Å². The third kappa shape index (κ3) is 5.42. The molecule has 9 rings (SSSR count). The molecule has 0 unspecified atom stereocenters. The first-order valence-corrected chi connectivity index (χ1v) is 16.8. The maximum Gasteiger partial charge on any atom is 0.0462 e. The van der Waals surface area contributed by atoms with E-state index < -0.39 is 0 Å². The Morgan fingerprint density at radius 2 is 0.714 bits per heavy atom. The zero-order chi connectivity index (χ0) is 32.6. The summed E-state index contributed by atoms with van der Waals surface area (Å²) in [6.45, 7) is 0. The van der Waals surface area contributed by atoms with Gasteiger partial charge in [0, 0.05) is 17.1 Å². The minimum absolute atomic E-state index is 1.12. The fourth-order valence-electron chi connectivity index (χ4n) is 7.15. The van der Waals surface area contributed by atoms with Gasteiger partial charge < -0.3 is 4.90 Å². The highest BCUT2D eigenvalue weighted by Gasteiger charge is 2.14. The average Bonchev–Trinajstić information content (AvgIpc) is 3.18. The van der Waals surface area contributed by atoms with Crippen LogP contribution in [0.3, 0.4) is 0 Å². The number of para-hydroxylation sites is 1. The van der Waals surface area contributed by atoms with Crippen LogP contribution in [0.5, 0.6) is 0 Å². The van der Waals surface area contributed by atoms with E-state index in [1.54, 1.807) is 0 Å². The van der Waals surface area contributed by atoms with Gasteiger partial charge in [-0.3, -0.25) is 0 Å². The van der Waals surface area contributed by atoms with Crippen LogP contribution in [0.15, 0.2) is 200 Å². The highest BCUT2D eigenvalue weighted by molar-refractivity contribution is 6.13. The molecule has 0 aliphatic carbocycles. The second-order valence-electron chi connectivity index (χ2n) is 12.6. The van der Waals surface area contributed by atoms with E-state index in [-0.39, 0.29) is 0 Å². The number of fused-ring (bicyclic) bond motifs is 4. The molecule has 0 aromatic heterocycles. The SMILES string of the molecule is c1ccc(-c2ccc3ccc(-c4ccc(N(c5ccccc5)c5ccc(-c6cc7ccccc7c7ccccc67)cc5)cc4)cc3c2)cc1. The number of hydrogen-bond donors (Lipinski definition) is 0. The zero-order valence-corrected chi connectivity index (χ0v) is 27.0. The molecule has 0 bridgehead atoms. The van der Waals surface area contributed by atoms with Crippen LogP contribution in [0, 0.1) is 0 Å². The largest absolute Gasteiger partial charge is 0.311 e. The Balaban J connectivity index is 1.07. The van der Waals surface area contributed by atoms with E-state index in [1.165, 1.54) is 65.7 Å². The topological polar surface area (TPSA) is 3.24 Å². The van der Waals surface area contributed by atoms with Crippen molar-refractivity contribution in [2.24, 2.45) is 0 Å². The molecule has 0 saturated heterocycles. The van der Waals surface area contributed by atoms with Crippen LogP contribution in [0.25, 0.3) is 65.7 Å². The number of hydrogen-bond acceptors (Lipinski definition) is 1. The van der Waals surface area contributed by atoms with E-state index in [9.17, 15) is 0 Å². The maximum atomic E-state index is 2.33. The van der Waals surface area contributed by atoms with Crippen molar-refractivity contribution in [2.75, 3.05) is 4.90 Å². The predicted molar refractivity (Wildman–Crippen MR) is 210 cm³/mol. The van der Waals surface area contributed by atoms with Crippen molar-refractivity contribution in [2.45, 2.75) is 0 Å². The minimum Gasteiger partial charge on any atom is -0.311 e. The molecule has 9 aromatic rings. The summed E-state index contributed by atoms with van der Waals surface area (Å²) >= 11 is 0. The molecule has 0 saturated carbocycles. The van der Waals surface area contributed by atoms with Crippen LogP contribution in [-0.2, 0) is 0 Å². The molecule has 0 amide bonds. The van der Waals surface area contributed by atoms with Crippen molar-refractivity contribution in [3.8, 4) is 33.4 Å². The van der Waals surface area contributed by atoms with Gasteiger partial charge in [0.2, 0.25) is 0 Å². The molecule has 1 nitrogen and oxygen atoms in total. The first-order chi connectivity index (χ1) is 24.3. The lowest BCUT2D eigenvalue weighted by Gasteiger charge is -2.26. The van der Waals surface area contributed by atoms with Crippen molar-refractivity contribution in [1.29, 1.82) is 0 Å². The van der Waals surface area contributed by atoms with Crippen molar-refractivity contribution in [3.63, 3.8) is 0 Å². The lowest BCUT2D eigenvalue weighted by atomic mass is 9.93. The van der Waals surface area contributed by atoms with Crippen LogP contribution in [0.4, 0.5) is 17.1 Å². The fraction of sp³-hybridized carbons (Fsp3) is 0. The number of anilines is 3. The van der Waals surface area contributed by atoms with Gasteiger partial charge in [-0.1, -0.05) is 146 Å². The summed E-state index contributed by atoms with van der Waals surface area (Å²) in [5, 5.41) is 7.60. The summed E-state index contributed by atoms with van der Waals surface area (Å²) in [7, 11) is 0. The van der Waals surface area contributed by atoms with E-state index in [0.29, 0.717) is 0 Å². The smallest absolute Gasteiger partial charge is 0.0462 e. The Kier molecular flexibility index (Phi) is 7.22. The first kappa shape index (κ1) is 28.8. The fourth-order valence-corrected chi connectivity index (χ4v) is 7.15. The number of rotatable bonds is 6. The van der Waals surface area contributed by atoms with Crippen LogP contribution in [0.2, 0.25) is 0 Å². The molecule has 1 heteroatoms. The van der Waals surface area contributed by atoms with Crippen molar-refractivity contribution in [1.82, 2.24) is 0 Å². The third-order valence-electron chi connectivity index (χ3n) is 9.63. The highest BCUT2D eigenvalue weighted by Crippen LogP contribution is 2.39. The van der Waals surface area contributed by atoms with E-state index in [4.69, 9.17) is 0 Å². The molecule has 0 aliphatic rings. The van der Waals surface area contributed by atoms with E-state index in [1.807, 2.05) is 0 Å². The standard InChI is InChI=1S/C48H33N/c1-3-11-34(12-4-1)38-21-19-36-20-22-39(32-41(36)31-38)35-23-27-43(28-24-35)49(42-14-5-2-6-15-42)44-29-25-37(26-30-44)48-33-40-13-7-8-16-45(40)46-17-9-10-18-47(46)48/h1-33H. The van der Waals surface area contributed by atoms with Gasteiger partial charge >= 0.3 is 0 Å². The monoisotopic (exact) mass is 623 g/mol. The molecule has 0 spiro atoms. The number of nitrogens with zero attached hydrogens (tertiary/aromatic N) is 1. The lowest BCUT2D eigenvalue weighted by Crippen LogP contribution is -2.09. The van der Waals surface area contributed by atoms with E-state index in [2.05, 4.69) is 205 Å². The summed E-state index contributed by atoms with van der Waals surface area (Å²) in [6, 6.07) is 72.4. The number of benzene rings is 9. The van der Waals surface area contributed by atoms with Crippen molar-refractivity contribution in [3.05, 3.63) is 200 Å². The Bertz CT molecular complexity index is 2570. The predicted octanol–water partition coefficient (Wildman–Crippen LogP) is 13.6. The minimum atomic E-state index is 1.12. The Morgan fingerprint density at radius 3 is 1.37 bits per heavy atom. The van der Waals surface area contributed by atoms with Gasteiger partial charge in [-0.2, -0.15) is 0 Å². The molecule has 0 fully saturated rings. The molecular weight excluding hydrogens is 591 g/mol. The van der Waals surface area contributed by atoms with Gasteiger partial charge in [0.1, 0.15) is 0 Å². The van der Waals surface area contributed by atoms with E-state index in [0.717, 1.165) is 17.1 Å².